The lowest BCUT2D eigenvalue weighted by molar-refractivity contribution is -0.123. The molecular weight excluding hydrogens is 334 g/mol. The summed E-state index contributed by atoms with van der Waals surface area (Å²) >= 11 is 0. The van der Waals surface area contributed by atoms with E-state index in [1.54, 1.807) is 0 Å². The maximum atomic E-state index is 12.1. The van der Waals surface area contributed by atoms with Gasteiger partial charge in [-0.15, -0.1) is 0 Å². The number of piperazine rings is 1. The molecule has 1 amide bonds. The molecule has 1 aromatic carbocycles. The monoisotopic (exact) mass is 361 g/mol. The number of nitrogens with zero attached hydrogens (tertiary/aromatic N) is 2. The van der Waals surface area contributed by atoms with Gasteiger partial charge in [-0.25, -0.2) is 0 Å². The maximum absolute atomic E-state index is 12.1. The summed E-state index contributed by atoms with van der Waals surface area (Å²) in [4.78, 5) is 16.7. The van der Waals surface area contributed by atoms with Crippen molar-refractivity contribution >= 4 is 5.91 Å². The van der Waals surface area contributed by atoms with Crippen LogP contribution in [0.2, 0.25) is 0 Å². The van der Waals surface area contributed by atoms with Crippen LogP contribution in [0.4, 0.5) is 0 Å². The van der Waals surface area contributed by atoms with Crippen molar-refractivity contribution in [2.24, 2.45) is 0 Å². The highest BCUT2D eigenvalue weighted by Gasteiger charge is 2.21. The Labute approximate surface area is 154 Å². The van der Waals surface area contributed by atoms with Gasteiger partial charge in [0.15, 0.2) is 11.5 Å². The molecule has 7 heteroatoms. The van der Waals surface area contributed by atoms with Crippen molar-refractivity contribution < 1.29 is 19.0 Å². The highest BCUT2D eigenvalue weighted by Crippen LogP contribution is 2.32. The highest BCUT2D eigenvalue weighted by atomic mass is 16.7. The van der Waals surface area contributed by atoms with Crippen LogP contribution in [0.25, 0.3) is 0 Å². The van der Waals surface area contributed by atoms with Crippen LogP contribution in [0, 0.1) is 0 Å². The molecule has 26 heavy (non-hydrogen) atoms. The van der Waals surface area contributed by atoms with Crippen LogP contribution in [0.15, 0.2) is 18.2 Å². The summed E-state index contributed by atoms with van der Waals surface area (Å²) in [6.45, 7) is 6.91. The Hall–Kier alpha value is -1.83. The van der Waals surface area contributed by atoms with E-state index < -0.39 is 0 Å². The average Bonchev–Trinajstić information content (AvgIpc) is 3.33. The summed E-state index contributed by atoms with van der Waals surface area (Å²) in [6.07, 6.45) is 2.36. The molecule has 0 saturated carbocycles. The van der Waals surface area contributed by atoms with E-state index in [4.69, 9.17) is 14.2 Å². The van der Waals surface area contributed by atoms with E-state index in [1.165, 1.54) is 5.56 Å². The van der Waals surface area contributed by atoms with Crippen molar-refractivity contribution in [3.05, 3.63) is 23.8 Å². The van der Waals surface area contributed by atoms with Crippen LogP contribution in [-0.4, -0.2) is 74.5 Å². The second kappa shape index (κ2) is 8.24. The molecule has 1 aromatic rings. The fourth-order valence-electron chi connectivity index (χ4n) is 3.70. The molecule has 3 aliphatic rings. The van der Waals surface area contributed by atoms with Crippen LogP contribution in [0.5, 0.6) is 11.5 Å². The molecule has 142 valence electrons. The Balaban J connectivity index is 1.17. The minimum Gasteiger partial charge on any atom is -0.454 e. The minimum absolute atomic E-state index is 0.102. The summed E-state index contributed by atoms with van der Waals surface area (Å²) in [7, 11) is 0. The summed E-state index contributed by atoms with van der Waals surface area (Å²) in [5, 5.41) is 3.00. The van der Waals surface area contributed by atoms with Crippen LogP contribution < -0.4 is 14.8 Å². The van der Waals surface area contributed by atoms with Crippen molar-refractivity contribution in [1.29, 1.82) is 0 Å². The lowest BCUT2D eigenvalue weighted by atomic mass is 10.1. The number of fused-ring (bicyclic) bond motifs is 1. The van der Waals surface area contributed by atoms with Crippen LogP contribution in [-0.2, 0) is 16.1 Å². The topological polar surface area (TPSA) is 63.3 Å². The third-order valence-electron chi connectivity index (χ3n) is 5.23. The van der Waals surface area contributed by atoms with Gasteiger partial charge < -0.3 is 19.5 Å². The number of nitrogens with one attached hydrogen (secondary N) is 1. The first-order valence-electron chi connectivity index (χ1n) is 9.48. The number of carbonyl (C=O) groups is 1. The Morgan fingerprint density at radius 3 is 2.73 bits per heavy atom. The van der Waals surface area contributed by atoms with Gasteiger partial charge in [0.1, 0.15) is 0 Å². The molecule has 1 atom stereocenters. The van der Waals surface area contributed by atoms with Gasteiger partial charge in [-0.1, -0.05) is 6.07 Å². The highest BCUT2D eigenvalue weighted by molar-refractivity contribution is 5.78. The van der Waals surface area contributed by atoms with E-state index in [9.17, 15) is 4.79 Å². The van der Waals surface area contributed by atoms with Crippen molar-refractivity contribution in [3.8, 4) is 11.5 Å². The summed E-state index contributed by atoms with van der Waals surface area (Å²) in [5.41, 5.74) is 1.23. The molecule has 2 saturated heterocycles. The zero-order valence-corrected chi connectivity index (χ0v) is 15.1. The van der Waals surface area contributed by atoms with Crippen molar-refractivity contribution in [2.75, 3.05) is 52.7 Å². The van der Waals surface area contributed by atoms with Gasteiger partial charge in [-0.3, -0.25) is 14.6 Å². The van der Waals surface area contributed by atoms with Crippen LogP contribution in [0.3, 0.4) is 0 Å². The van der Waals surface area contributed by atoms with Gasteiger partial charge in [-0.2, -0.15) is 0 Å². The molecule has 2 fully saturated rings. The lowest BCUT2D eigenvalue weighted by Gasteiger charge is -2.34. The number of hydrogen-bond acceptors (Lipinski definition) is 6. The second-order valence-electron chi connectivity index (χ2n) is 7.18. The van der Waals surface area contributed by atoms with E-state index in [0.717, 1.165) is 63.7 Å². The average molecular weight is 361 g/mol. The van der Waals surface area contributed by atoms with E-state index >= 15 is 0 Å². The molecule has 3 heterocycles. The van der Waals surface area contributed by atoms with Crippen molar-refractivity contribution in [2.45, 2.75) is 25.5 Å². The predicted molar refractivity (Wildman–Crippen MR) is 96.3 cm³/mol. The van der Waals surface area contributed by atoms with Gasteiger partial charge in [-0.05, 0) is 30.5 Å². The van der Waals surface area contributed by atoms with E-state index in [-0.39, 0.29) is 12.0 Å². The van der Waals surface area contributed by atoms with Crippen molar-refractivity contribution in [1.82, 2.24) is 15.1 Å². The fraction of sp³-hybridized carbons (Fsp3) is 0.632. The largest absolute Gasteiger partial charge is 0.454 e. The summed E-state index contributed by atoms with van der Waals surface area (Å²) < 4.78 is 16.3. The lowest BCUT2D eigenvalue weighted by Crippen LogP contribution is -2.49. The Bertz CT molecular complexity index is 625. The predicted octanol–water partition coefficient (Wildman–Crippen LogP) is 0.828. The number of benzene rings is 1. The molecule has 0 aromatic heterocycles. The molecule has 4 rings (SSSR count). The third-order valence-corrected chi connectivity index (χ3v) is 5.23. The number of ether oxygens (including phenoxy) is 3. The van der Waals surface area contributed by atoms with Gasteiger partial charge in [0.2, 0.25) is 12.7 Å². The summed E-state index contributed by atoms with van der Waals surface area (Å²) in [5.74, 6) is 1.77. The minimum atomic E-state index is 0.102. The van der Waals surface area contributed by atoms with E-state index in [2.05, 4.69) is 27.2 Å². The number of amides is 1. The molecule has 3 aliphatic heterocycles. The molecule has 0 aliphatic carbocycles. The van der Waals surface area contributed by atoms with Gasteiger partial charge in [0.05, 0.1) is 12.6 Å². The normalized spacial score (nSPS) is 23.3. The van der Waals surface area contributed by atoms with E-state index in [1.807, 2.05) is 6.07 Å². The zero-order valence-electron chi connectivity index (χ0n) is 15.1. The van der Waals surface area contributed by atoms with Gasteiger partial charge in [0.25, 0.3) is 0 Å². The van der Waals surface area contributed by atoms with Crippen LogP contribution >= 0.6 is 0 Å². The Morgan fingerprint density at radius 1 is 1.12 bits per heavy atom. The van der Waals surface area contributed by atoms with Gasteiger partial charge in [0, 0.05) is 45.9 Å². The molecule has 0 spiro atoms. The SMILES string of the molecule is O=C(CN1CCN(Cc2ccc3c(c2)OCO3)CC1)NCC1CCCO1. The standard InChI is InChI=1S/C19H27N3O4/c23-19(20-11-16-2-1-9-24-16)13-22-7-5-21(6-8-22)12-15-3-4-17-18(10-15)26-14-25-17/h3-4,10,16H,1-2,5-9,11-14H2,(H,20,23). The summed E-state index contributed by atoms with van der Waals surface area (Å²) in [6, 6.07) is 6.14. The zero-order chi connectivity index (χ0) is 17.8. The molecule has 7 nitrogen and oxygen atoms in total. The van der Waals surface area contributed by atoms with Crippen LogP contribution in [0.1, 0.15) is 18.4 Å². The smallest absolute Gasteiger partial charge is 0.234 e. The molecular formula is C19H27N3O4. The quantitative estimate of drug-likeness (QED) is 0.810. The number of hydrogen-bond donors (Lipinski definition) is 1. The maximum Gasteiger partial charge on any atom is 0.234 e. The van der Waals surface area contributed by atoms with Gasteiger partial charge >= 0.3 is 0 Å². The van der Waals surface area contributed by atoms with Crippen molar-refractivity contribution in [3.63, 3.8) is 0 Å². The fourth-order valence-corrected chi connectivity index (χ4v) is 3.70. The molecule has 0 radical (unpaired) electrons. The first-order valence-corrected chi connectivity index (χ1v) is 9.48. The first-order chi connectivity index (χ1) is 12.8. The molecule has 1 unspecified atom stereocenters. The third kappa shape index (κ3) is 4.47. The first kappa shape index (κ1) is 17.6. The Kier molecular flexibility index (Phi) is 5.57. The second-order valence-corrected chi connectivity index (χ2v) is 7.18. The Morgan fingerprint density at radius 2 is 1.92 bits per heavy atom. The van der Waals surface area contributed by atoms with E-state index in [0.29, 0.717) is 19.9 Å². The molecule has 0 bridgehead atoms. The number of rotatable bonds is 6. The molecule has 1 N–H and O–H groups in total. The number of carbonyl (C=O) groups excluding carboxylic acids is 1.